The second kappa shape index (κ2) is 5.30. The maximum Gasteiger partial charge on any atom is 0.416 e. The van der Waals surface area contributed by atoms with Crippen molar-refractivity contribution >= 4 is 11.3 Å². The van der Waals surface area contributed by atoms with Crippen LogP contribution in [0.2, 0.25) is 0 Å². The third-order valence-electron chi connectivity index (χ3n) is 2.80. The van der Waals surface area contributed by atoms with Crippen LogP contribution in [-0.4, -0.2) is 12.0 Å². The Morgan fingerprint density at radius 1 is 1.26 bits per heavy atom. The van der Waals surface area contributed by atoms with Gasteiger partial charge in [0.1, 0.15) is 0 Å². The van der Waals surface area contributed by atoms with Gasteiger partial charge in [-0.05, 0) is 32.2 Å². The van der Waals surface area contributed by atoms with Crippen LogP contribution in [0.4, 0.5) is 13.2 Å². The van der Waals surface area contributed by atoms with Crippen molar-refractivity contribution in [1.82, 2.24) is 10.3 Å². The van der Waals surface area contributed by atoms with Crippen molar-refractivity contribution in [2.75, 3.05) is 7.05 Å². The van der Waals surface area contributed by atoms with E-state index in [4.69, 9.17) is 0 Å². The molecular weight excluding hydrogens is 273 g/mol. The van der Waals surface area contributed by atoms with Gasteiger partial charge in [0.15, 0.2) is 0 Å². The number of nitrogens with zero attached hydrogens (tertiary/aromatic N) is 1. The first-order valence-corrected chi connectivity index (χ1v) is 6.50. The molecule has 0 radical (unpaired) electrons. The van der Waals surface area contributed by atoms with Crippen LogP contribution in [0, 0.1) is 6.92 Å². The molecule has 2 heterocycles. The largest absolute Gasteiger partial charge is 0.416 e. The molecule has 1 unspecified atom stereocenters. The number of aromatic nitrogens is 1. The van der Waals surface area contributed by atoms with Gasteiger partial charge in [-0.1, -0.05) is 0 Å². The molecule has 1 atom stereocenters. The fourth-order valence-electron chi connectivity index (χ4n) is 1.95. The second-order valence-corrected chi connectivity index (χ2v) is 5.45. The number of rotatable bonds is 3. The fourth-order valence-corrected chi connectivity index (χ4v) is 2.96. The molecule has 2 aromatic rings. The normalized spacial score (nSPS) is 13.5. The van der Waals surface area contributed by atoms with Gasteiger partial charge in [0.2, 0.25) is 0 Å². The summed E-state index contributed by atoms with van der Waals surface area (Å²) in [6.45, 7) is 1.93. The molecule has 0 aromatic carbocycles. The van der Waals surface area contributed by atoms with Gasteiger partial charge in [-0.2, -0.15) is 13.2 Å². The molecular formula is C13H13F3N2S. The Labute approximate surface area is 113 Å². The zero-order chi connectivity index (χ0) is 14.0. The van der Waals surface area contributed by atoms with Crippen molar-refractivity contribution in [3.63, 3.8) is 0 Å². The number of halogens is 3. The van der Waals surface area contributed by atoms with E-state index in [-0.39, 0.29) is 5.56 Å². The minimum atomic E-state index is -4.38. The summed E-state index contributed by atoms with van der Waals surface area (Å²) in [4.78, 5) is 5.73. The van der Waals surface area contributed by atoms with Gasteiger partial charge in [0.05, 0.1) is 11.6 Å². The topological polar surface area (TPSA) is 24.9 Å². The zero-order valence-electron chi connectivity index (χ0n) is 10.5. The van der Waals surface area contributed by atoms with Crippen LogP contribution in [0.25, 0.3) is 0 Å². The lowest BCUT2D eigenvalue weighted by molar-refractivity contribution is -0.138. The molecule has 0 fully saturated rings. The first kappa shape index (κ1) is 14.0. The SMILES string of the molecule is CNC(c1ccc(C)s1)c1cnccc1C(F)(F)F. The average Bonchev–Trinajstić information content (AvgIpc) is 2.76. The molecule has 19 heavy (non-hydrogen) atoms. The van der Waals surface area contributed by atoms with Crippen molar-refractivity contribution in [3.05, 3.63) is 51.5 Å². The molecule has 0 bridgehead atoms. The third kappa shape index (κ3) is 2.96. The smallest absolute Gasteiger partial charge is 0.309 e. The van der Waals surface area contributed by atoms with E-state index in [1.807, 2.05) is 19.1 Å². The predicted molar refractivity (Wildman–Crippen MR) is 69.2 cm³/mol. The Morgan fingerprint density at radius 2 is 2.00 bits per heavy atom. The Kier molecular flexibility index (Phi) is 3.91. The van der Waals surface area contributed by atoms with Crippen LogP contribution in [0.3, 0.4) is 0 Å². The van der Waals surface area contributed by atoms with E-state index in [2.05, 4.69) is 10.3 Å². The van der Waals surface area contributed by atoms with Crippen molar-refractivity contribution in [2.24, 2.45) is 0 Å². The van der Waals surface area contributed by atoms with Gasteiger partial charge in [-0.25, -0.2) is 0 Å². The molecule has 0 aliphatic rings. The molecule has 0 saturated carbocycles. The highest BCUT2D eigenvalue weighted by Crippen LogP contribution is 2.37. The van der Waals surface area contributed by atoms with Gasteiger partial charge < -0.3 is 5.32 Å². The molecule has 102 valence electrons. The standard InChI is InChI=1S/C13H13F3N2S/c1-8-3-4-11(19-8)12(17-2)9-7-18-6-5-10(9)13(14,15)16/h3-7,12,17H,1-2H3. The maximum atomic E-state index is 13.0. The van der Waals surface area contributed by atoms with E-state index in [0.717, 1.165) is 15.8 Å². The van der Waals surface area contributed by atoms with Crippen molar-refractivity contribution in [3.8, 4) is 0 Å². The van der Waals surface area contributed by atoms with E-state index in [0.29, 0.717) is 0 Å². The van der Waals surface area contributed by atoms with Gasteiger partial charge in [-0.3, -0.25) is 4.98 Å². The number of pyridine rings is 1. The minimum absolute atomic E-state index is 0.152. The predicted octanol–water partition coefficient (Wildman–Crippen LogP) is 3.78. The molecule has 6 heteroatoms. The summed E-state index contributed by atoms with van der Waals surface area (Å²) >= 11 is 1.48. The summed E-state index contributed by atoms with van der Waals surface area (Å²) < 4.78 is 39.0. The van der Waals surface area contributed by atoms with E-state index >= 15 is 0 Å². The Morgan fingerprint density at radius 3 is 2.53 bits per heavy atom. The number of hydrogen-bond acceptors (Lipinski definition) is 3. The fraction of sp³-hybridized carbons (Fsp3) is 0.308. The molecule has 1 N–H and O–H groups in total. The van der Waals surface area contributed by atoms with Gasteiger partial charge >= 0.3 is 6.18 Å². The number of thiophene rings is 1. The molecule has 0 amide bonds. The summed E-state index contributed by atoms with van der Waals surface area (Å²) in [6, 6.07) is 4.26. The van der Waals surface area contributed by atoms with Crippen LogP contribution in [0.1, 0.15) is 26.9 Å². The number of aryl methyl sites for hydroxylation is 1. The summed E-state index contributed by atoms with van der Waals surface area (Å²) in [6.07, 6.45) is -1.93. The van der Waals surface area contributed by atoms with Crippen LogP contribution < -0.4 is 5.32 Å². The monoisotopic (exact) mass is 286 g/mol. The summed E-state index contributed by atoms with van der Waals surface area (Å²) in [5.41, 5.74) is -0.493. The number of nitrogens with one attached hydrogen (secondary N) is 1. The molecule has 0 aliphatic carbocycles. The van der Waals surface area contributed by atoms with Crippen LogP contribution in [-0.2, 0) is 6.18 Å². The highest BCUT2D eigenvalue weighted by molar-refractivity contribution is 7.12. The van der Waals surface area contributed by atoms with Crippen LogP contribution in [0.5, 0.6) is 0 Å². The molecule has 2 aromatic heterocycles. The van der Waals surface area contributed by atoms with Crippen molar-refractivity contribution in [1.29, 1.82) is 0 Å². The van der Waals surface area contributed by atoms with Crippen molar-refractivity contribution in [2.45, 2.75) is 19.1 Å². The molecule has 2 rings (SSSR count). The average molecular weight is 286 g/mol. The number of hydrogen-bond donors (Lipinski definition) is 1. The number of alkyl halides is 3. The molecule has 0 saturated heterocycles. The molecule has 0 spiro atoms. The van der Waals surface area contributed by atoms with Crippen LogP contribution >= 0.6 is 11.3 Å². The van der Waals surface area contributed by atoms with Gasteiger partial charge in [-0.15, -0.1) is 11.3 Å². The van der Waals surface area contributed by atoms with Crippen molar-refractivity contribution < 1.29 is 13.2 Å². The van der Waals surface area contributed by atoms with Gasteiger partial charge in [0, 0.05) is 27.7 Å². The molecule has 0 aliphatic heterocycles. The first-order valence-electron chi connectivity index (χ1n) is 5.68. The second-order valence-electron chi connectivity index (χ2n) is 4.13. The van der Waals surface area contributed by atoms with E-state index in [1.54, 1.807) is 7.05 Å². The van der Waals surface area contributed by atoms with Gasteiger partial charge in [0.25, 0.3) is 0 Å². The van der Waals surface area contributed by atoms with Crippen LogP contribution in [0.15, 0.2) is 30.6 Å². The Hall–Kier alpha value is -1.40. The lowest BCUT2D eigenvalue weighted by atomic mass is 10.0. The Bertz CT molecular complexity index is 563. The van der Waals surface area contributed by atoms with E-state index < -0.39 is 17.8 Å². The first-order chi connectivity index (χ1) is 8.93. The highest BCUT2D eigenvalue weighted by Gasteiger charge is 2.35. The highest BCUT2D eigenvalue weighted by atomic mass is 32.1. The maximum absolute atomic E-state index is 13.0. The lowest BCUT2D eigenvalue weighted by Gasteiger charge is -2.19. The molecule has 2 nitrogen and oxygen atoms in total. The lowest BCUT2D eigenvalue weighted by Crippen LogP contribution is -2.21. The summed E-state index contributed by atoms with van der Waals surface area (Å²) in [7, 11) is 1.65. The summed E-state index contributed by atoms with van der Waals surface area (Å²) in [5, 5.41) is 2.93. The van der Waals surface area contributed by atoms with E-state index in [1.165, 1.54) is 23.7 Å². The minimum Gasteiger partial charge on any atom is -0.309 e. The zero-order valence-corrected chi connectivity index (χ0v) is 11.3. The Balaban J connectivity index is 2.50. The summed E-state index contributed by atoms with van der Waals surface area (Å²) in [5.74, 6) is 0. The van der Waals surface area contributed by atoms with E-state index in [9.17, 15) is 13.2 Å². The quantitative estimate of drug-likeness (QED) is 0.929. The third-order valence-corrected chi connectivity index (χ3v) is 3.87.